The number of nitrogens with zero attached hydrogens (tertiary/aromatic N) is 3. The molecule has 0 radical (unpaired) electrons. The molecule has 0 bridgehead atoms. The second kappa shape index (κ2) is 9.07. The molecule has 3 aromatic rings. The molecule has 0 aliphatic carbocycles. The van der Waals surface area contributed by atoms with Gasteiger partial charge in [0.15, 0.2) is 0 Å². The molecule has 1 amide bonds. The third-order valence-electron chi connectivity index (χ3n) is 5.11. The highest BCUT2D eigenvalue weighted by Gasteiger charge is 2.30. The first-order chi connectivity index (χ1) is 13.7. The van der Waals surface area contributed by atoms with E-state index in [2.05, 4.69) is 10.4 Å². The summed E-state index contributed by atoms with van der Waals surface area (Å²) in [6.45, 7) is 2.06. The van der Waals surface area contributed by atoms with Gasteiger partial charge in [0, 0.05) is 30.6 Å². The molecule has 152 valence electrons. The summed E-state index contributed by atoms with van der Waals surface area (Å²) in [4.78, 5) is 27.1. The molecule has 1 N–H and O–H groups in total. The summed E-state index contributed by atoms with van der Waals surface area (Å²) >= 11 is 0. The Kier molecular flexibility index (Phi) is 6.51. The Balaban J connectivity index is 0.00000240. The second-order valence-corrected chi connectivity index (χ2v) is 6.73. The molecule has 8 heteroatoms. The number of aromatic nitrogens is 2. The number of carbonyl (C=O) groups is 1. The summed E-state index contributed by atoms with van der Waals surface area (Å²) in [6, 6.07) is 14.9. The van der Waals surface area contributed by atoms with Crippen molar-refractivity contribution < 1.29 is 9.53 Å². The van der Waals surface area contributed by atoms with Crippen molar-refractivity contribution in [3.05, 3.63) is 70.5 Å². The van der Waals surface area contributed by atoms with E-state index in [0.717, 1.165) is 17.9 Å². The van der Waals surface area contributed by atoms with Gasteiger partial charge in [0.2, 0.25) is 11.3 Å². The van der Waals surface area contributed by atoms with Crippen LogP contribution >= 0.6 is 12.4 Å². The molecule has 1 atom stereocenters. The Morgan fingerprint density at radius 2 is 1.97 bits per heavy atom. The Hall–Kier alpha value is -2.90. The molecule has 1 aliphatic rings. The second-order valence-electron chi connectivity index (χ2n) is 6.73. The lowest BCUT2D eigenvalue weighted by Crippen LogP contribution is -2.49. The van der Waals surface area contributed by atoms with E-state index >= 15 is 0 Å². The molecule has 0 spiro atoms. The van der Waals surface area contributed by atoms with E-state index in [1.807, 2.05) is 47.4 Å². The molecule has 1 saturated heterocycles. The average Bonchev–Trinajstić information content (AvgIpc) is 2.76. The number of benzene rings is 2. The largest absolute Gasteiger partial charge is 0.496 e. The van der Waals surface area contributed by atoms with Gasteiger partial charge in [-0.1, -0.05) is 30.3 Å². The molecule has 1 fully saturated rings. The Morgan fingerprint density at radius 1 is 1.21 bits per heavy atom. The maximum Gasteiger partial charge on any atom is 0.244 e. The number of hydrogen-bond acceptors (Lipinski definition) is 5. The van der Waals surface area contributed by atoms with Crippen molar-refractivity contribution in [2.24, 2.45) is 0 Å². The van der Waals surface area contributed by atoms with Crippen LogP contribution in [0.4, 0.5) is 0 Å². The Bertz CT molecular complexity index is 1070. The maximum absolute atomic E-state index is 13.2. The fourth-order valence-corrected chi connectivity index (χ4v) is 3.73. The molecule has 1 aliphatic heterocycles. The number of fused-ring (bicyclic) bond motifs is 1. The minimum Gasteiger partial charge on any atom is -0.496 e. The van der Waals surface area contributed by atoms with Crippen LogP contribution < -0.4 is 15.5 Å². The van der Waals surface area contributed by atoms with Crippen molar-refractivity contribution in [1.82, 2.24) is 20.0 Å². The summed E-state index contributed by atoms with van der Waals surface area (Å²) < 4.78 is 7.10. The van der Waals surface area contributed by atoms with Crippen LogP contribution in [0.3, 0.4) is 0 Å². The van der Waals surface area contributed by atoms with Gasteiger partial charge in [-0.15, -0.1) is 12.4 Å². The first-order valence-corrected chi connectivity index (χ1v) is 9.27. The third kappa shape index (κ3) is 4.11. The molecule has 29 heavy (non-hydrogen) atoms. The number of halogens is 1. The number of methoxy groups -OCH3 is 1. The number of piperazine rings is 1. The van der Waals surface area contributed by atoms with Crippen LogP contribution in [0.2, 0.25) is 0 Å². The summed E-state index contributed by atoms with van der Waals surface area (Å²) in [5, 5.41) is 8.11. The molecule has 2 aromatic carbocycles. The lowest BCUT2D eigenvalue weighted by molar-refractivity contribution is -0.135. The normalized spacial score (nSPS) is 16.3. The van der Waals surface area contributed by atoms with Gasteiger partial charge in [0.1, 0.15) is 12.3 Å². The maximum atomic E-state index is 13.2. The van der Waals surface area contributed by atoms with Crippen molar-refractivity contribution in [2.45, 2.75) is 12.6 Å². The van der Waals surface area contributed by atoms with Crippen molar-refractivity contribution in [3.63, 3.8) is 0 Å². The summed E-state index contributed by atoms with van der Waals surface area (Å²) in [5.41, 5.74) is 1.49. The highest BCUT2D eigenvalue weighted by atomic mass is 35.5. The number of rotatable bonds is 4. The Morgan fingerprint density at radius 3 is 2.79 bits per heavy atom. The molecule has 1 aromatic heterocycles. The molecular weight excluding hydrogens is 392 g/mol. The predicted molar refractivity (Wildman–Crippen MR) is 114 cm³/mol. The Labute approximate surface area is 174 Å². The van der Waals surface area contributed by atoms with Crippen LogP contribution in [-0.4, -0.2) is 47.3 Å². The highest BCUT2D eigenvalue weighted by Crippen LogP contribution is 2.30. The molecule has 2 heterocycles. The summed E-state index contributed by atoms with van der Waals surface area (Å²) in [7, 11) is 1.64. The van der Waals surface area contributed by atoms with E-state index < -0.39 is 0 Å². The molecule has 1 unspecified atom stereocenters. The number of para-hydroxylation sites is 2. The number of carbonyl (C=O) groups excluding carboxylic acids is 1. The zero-order valence-electron chi connectivity index (χ0n) is 16.1. The van der Waals surface area contributed by atoms with Gasteiger partial charge >= 0.3 is 0 Å². The fourth-order valence-electron chi connectivity index (χ4n) is 3.73. The van der Waals surface area contributed by atoms with Crippen LogP contribution in [0, 0.1) is 0 Å². The van der Waals surface area contributed by atoms with E-state index in [-0.39, 0.29) is 36.3 Å². The topological polar surface area (TPSA) is 76.5 Å². The lowest BCUT2D eigenvalue weighted by atomic mass is 10.0. The van der Waals surface area contributed by atoms with Crippen LogP contribution in [0.5, 0.6) is 5.75 Å². The molecule has 7 nitrogen and oxygen atoms in total. The number of nitrogens with one attached hydrogen (secondary N) is 1. The van der Waals surface area contributed by atoms with Crippen LogP contribution in [-0.2, 0) is 11.3 Å². The van der Waals surface area contributed by atoms with Crippen molar-refractivity contribution in [3.8, 4) is 5.75 Å². The SMILES string of the molecule is COc1ccccc1C1CNCCN1C(=O)Cn1ncc(=O)c2ccccc21.Cl. The lowest BCUT2D eigenvalue weighted by Gasteiger charge is -2.37. The third-order valence-corrected chi connectivity index (χ3v) is 5.11. The minimum atomic E-state index is -0.145. The highest BCUT2D eigenvalue weighted by molar-refractivity contribution is 5.85. The average molecular weight is 415 g/mol. The van der Waals surface area contributed by atoms with Gasteiger partial charge in [0.25, 0.3) is 0 Å². The van der Waals surface area contributed by atoms with Crippen LogP contribution in [0.15, 0.2) is 59.5 Å². The number of ether oxygens (including phenoxy) is 1. The standard InChI is InChI=1S/C21H22N4O3.ClH/c1-28-20-9-5-3-7-16(20)18-12-22-10-11-24(18)21(27)14-25-17-8-4-2-6-15(17)19(26)13-23-25;/h2-9,13,18,22H,10-12,14H2,1H3;1H. The molecular formula is C21H23ClN4O3. The van der Waals surface area contributed by atoms with Gasteiger partial charge in [-0.05, 0) is 18.2 Å². The smallest absolute Gasteiger partial charge is 0.244 e. The minimum absolute atomic E-state index is 0. The van der Waals surface area contributed by atoms with Crippen LogP contribution in [0.1, 0.15) is 11.6 Å². The van der Waals surface area contributed by atoms with Crippen molar-refractivity contribution in [2.75, 3.05) is 26.7 Å². The first kappa shape index (κ1) is 20.8. The summed E-state index contributed by atoms with van der Waals surface area (Å²) in [6.07, 6.45) is 1.27. The number of hydrogen-bond donors (Lipinski definition) is 1. The predicted octanol–water partition coefficient (Wildman–Crippen LogP) is 2.00. The van der Waals surface area contributed by atoms with E-state index in [1.165, 1.54) is 6.20 Å². The van der Waals surface area contributed by atoms with Gasteiger partial charge in [-0.2, -0.15) is 5.10 Å². The molecule has 0 saturated carbocycles. The first-order valence-electron chi connectivity index (χ1n) is 9.27. The zero-order valence-corrected chi connectivity index (χ0v) is 16.9. The van der Waals surface area contributed by atoms with Gasteiger partial charge < -0.3 is 15.0 Å². The monoisotopic (exact) mass is 414 g/mol. The summed E-state index contributed by atoms with van der Waals surface area (Å²) in [5.74, 6) is 0.722. The fraction of sp³-hybridized carbons (Fsp3) is 0.286. The molecule has 4 rings (SSSR count). The van der Waals surface area contributed by atoms with E-state index in [9.17, 15) is 9.59 Å². The quantitative estimate of drug-likeness (QED) is 0.706. The zero-order chi connectivity index (χ0) is 19.5. The van der Waals surface area contributed by atoms with Gasteiger partial charge in [-0.3, -0.25) is 14.3 Å². The van der Waals surface area contributed by atoms with Gasteiger partial charge in [-0.25, -0.2) is 0 Å². The van der Waals surface area contributed by atoms with E-state index in [1.54, 1.807) is 17.9 Å². The van der Waals surface area contributed by atoms with Crippen molar-refractivity contribution in [1.29, 1.82) is 0 Å². The van der Waals surface area contributed by atoms with Crippen LogP contribution in [0.25, 0.3) is 10.9 Å². The van der Waals surface area contributed by atoms with Gasteiger partial charge in [0.05, 0.1) is 24.9 Å². The van der Waals surface area contributed by atoms with E-state index in [0.29, 0.717) is 24.0 Å². The number of amides is 1. The van der Waals surface area contributed by atoms with E-state index in [4.69, 9.17) is 4.74 Å². The van der Waals surface area contributed by atoms with Crippen molar-refractivity contribution >= 4 is 29.2 Å².